The molecule has 5 nitrogen and oxygen atoms in total. The van der Waals surface area contributed by atoms with Crippen molar-refractivity contribution in [1.29, 1.82) is 0 Å². The first-order chi connectivity index (χ1) is 13.0. The molecule has 1 unspecified atom stereocenters. The summed E-state index contributed by atoms with van der Waals surface area (Å²) in [5.41, 5.74) is 3.45. The van der Waals surface area contributed by atoms with E-state index in [1.54, 1.807) is 0 Å². The highest BCUT2D eigenvalue weighted by atomic mass is 32.2. The van der Waals surface area contributed by atoms with Gasteiger partial charge in [0.25, 0.3) is 0 Å². The summed E-state index contributed by atoms with van der Waals surface area (Å²) in [5, 5.41) is 12.2. The topological polar surface area (TPSA) is 59.8 Å². The third kappa shape index (κ3) is 4.98. The van der Waals surface area contributed by atoms with Crippen LogP contribution in [0.15, 0.2) is 59.8 Å². The van der Waals surface area contributed by atoms with Gasteiger partial charge >= 0.3 is 0 Å². The van der Waals surface area contributed by atoms with E-state index in [0.29, 0.717) is 12.3 Å². The lowest BCUT2D eigenvalue weighted by Crippen LogP contribution is -2.29. The van der Waals surface area contributed by atoms with E-state index in [1.165, 1.54) is 22.9 Å². The van der Waals surface area contributed by atoms with Crippen molar-refractivity contribution in [3.05, 3.63) is 65.7 Å². The average Bonchev–Trinajstić information content (AvgIpc) is 3.06. The predicted octanol–water partition coefficient (Wildman–Crippen LogP) is 3.80. The Morgan fingerprint density at radius 3 is 2.52 bits per heavy atom. The number of benzene rings is 2. The smallest absolute Gasteiger partial charge is 0.230 e. The Hall–Kier alpha value is -2.60. The highest BCUT2D eigenvalue weighted by Gasteiger charge is 2.13. The first kappa shape index (κ1) is 19.2. The van der Waals surface area contributed by atoms with Crippen LogP contribution < -0.4 is 5.32 Å². The molecule has 2 aromatic carbocycles. The van der Waals surface area contributed by atoms with Crippen molar-refractivity contribution in [3.63, 3.8) is 0 Å². The molecule has 3 aromatic rings. The van der Waals surface area contributed by atoms with E-state index in [0.717, 1.165) is 16.5 Å². The molecular formula is C21H24N4OS. The maximum atomic E-state index is 12.2. The van der Waals surface area contributed by atoms with Crippen molar-refractivity contribution in [2.75, 3.05) is 12.3 Å². The van der Waals surface area contributed by atoms with Gasteiger partial charge in [0.05, 0.1) is 5.75 Å². The summed E-state index contributed by atoms with van der Waals surface area (Å²) >= 11 is 1.40. The minimum atomic E-state index is 0.00247. The standard InChI is InChI=1S/C21H24N4OS/c1-15-9-11-18(12-10-15)20-23-24-21(25(20)3)27-14-19(26)22-13-16(2)17-7-5-4-6-8-17/h4-12,16H,13-14H2,1-3H3,(H,22,26). The molecule has 0 radical (unpaired) electrons. The number of carbonyl (C=O) groups excluding carboxylic acids is 1. The Labute approximate surface area is 164 Å². The van der Waals surface area contributed by atoms with Crippen LogP contribution in [0.2, 0.25) is 0 Å². The van der Waals surface area contributed by atoms with E-state index in [1.807, 2.05) is 41.9 Å². The molecule has 0 bridgehead atoms. The maximum Gasteiger partial charge on any atom is 0.230 e. The van der Waals surface area contributed by atoms with E-state index in [2.05, 4.69) is 53.6 Å². The lowest BCUT2D eigenvalue weighted by Gasteiger charge is -2.12. The van der Waals surface area contributed by atoms with Crippen molar-refractivity contribution >= 4 is 17.7 Å². The largest absolute Gasteiger partial charge is 0.355 e. The van der Waals surface area contributed by atoms with Gasteiger partial charge in [-0.15, -0.1) is 10.2 Å². The van der Waals surface area contributed by atoms with Crippen molar-refractivity contribution in [3.8, 4) is 11.4 Å². The molecule has 0 spiro atoms. The van der Waals surface area contributed by atoms with Gasteiger partial charge in [0, 0.05) is 19.2 Å². The highest BCUT2D eigenvalue weighted by Crippen LogP contribution is 2.22. The van der Waals surface area contributed by atoms with Gasteiger partial charge in [-0.2, -0.15) is 0 Å². The zero-order valence-electron chi connectivity index (χ0n) is 15.8. The SMILES string of the molecule is Cc1ccc(-c2nnc(SCC(=O)NCC(C)c3ccccc3)n2C)cc1. The van der Waals surface area contributed by atoms with Gasteiger partial charge in [-0.05, 0) is 18.4 Å². The summed E-state index contributed by atoms with van der Waals surface area (Å²) in [4.78, 5) is 12.2. The molecule has 0 saturated heterocycles. The van der Waals surface area contributed by atoms with Crippen LogP contribution in [0.1, 0.15) is 24.0 Å². The van der Waals surface area contributed by atoms with Gasteiger partial charge in [-0.1, -0.05) is 78.8 Å². The molecule has 0 aliphatic heterocycles. The number of aryl methyl sites for hydroxylation is 1. The fraction of sp³-hybridized carbons (Fsp3) is 0.286. The number of thioether (sulfide) groups is 1. The van der Waals surface area contributed by atoms with Crippen molar-refractivity contribution in [1.82, 2.24) is 20.1 Å². The second kappa shape index (κ2) is 8.86. The van der Waals surface area contributed by atoms with Gasteiger partial charge in [0.2, 0.25) is 5.91 Å². The van der Waals surface area contributed by atoms with Crippen molar-refractivity contribution in [2.45, 2.75) is 24.9 Å². The van der Waals surface area contributed by atoms with Crippen LogP contribution >= 0.6 is 11.8 Å². The molecule has 0 saturated carbocycles. The average molecular weight is 381 g/mol. The van der Waals surface area contributed by atoms with E-state index < -0.39 is 0 Å². The molecular weight excluding hydrogens is 356 g/mol. The third-order valence-corrected chi connectivity index (χ3v) is 5.47. The van der Waals surface area contributed by atoms with Gasteiger partial charge in [0.15, 0.2) is 11.0 Å². The summed E-state index contributed by atoms with van der Waals surface area (Å²) in [7, 11) is 1.92. The van der Waals surface area contributed by atoms with Crippen LogP contribution in [0.5, 0.6) is 0 Å². The molecule has 1 atom stereocenters. The summed E-state index contributed by atoms with van der Waals surface area (Å²) in [5.74, 6) is 1.41. The van der Waals surface area contributed by atoms with Crippen molar-refractivity contribution < 1.29 is 4.79 Å². The monoisotopic (exact) mass is 380 g/mol. The van der Waals surface area contributed by atoms with Crippen LogP contribution in [0.4, 0.5) is 0 Å². The van der Waals surface area contributed by atoms with Crippen LogP contribution in [0.25, 0.3) is 11.4 Å². The van der Waals surface area contributed by atoms with Crippen LogP contribution in [0, 0.1) is 6.92 Å². The first-order valence-corrected chi connectivity index (χ1v) is 9.94. The fourth-order valence-corrected chi connectivity index (χ4v) is 3.48. The molecule has 3 rings (SSSR count). The first-order valence-electron chi connectivity index (χ1n) is 8.95. The van der Waals surface area contributed by atoms with Crippen LogP contribution in [-0.4, -0.2) is 33.0 Å². The van der Waals surface area contributed by atoms with Gasteiger partial charge < -0.3 is 9.88 Å². The van der Waals surface area contributed by atoms with Gasteiger partial charge in [0.1, 0.15) is 0 Å². The summed E-state index contributed by atoms with van der Waals surface area (Å²) in [6, 6.07) is 18.4. The third-order valence-electron chi connectivity index (χ3n) is 4.45. The molecule has 0 fully saturated rings. The Morgan fingerprint density at radius 2 is 1.81 bits per heavy atom. The Bertz CT molecular complexity index is 890. The lowest BCUT2D eigenvalue weighted by molar-refractivity contribution is -0.118. The highest BCUT2D eigenvalue weighted by molar-refractivity contribution is 7.99. The zero-order valence-corrected chi connectivity index (χ0v) is 16.7. The van der Waals surface area contributed by atoms with Crippen molar-refractivity contribution in [2.24, 2.45) is 7.05 Å². The van der Waals surface area contributed by atoms with Crippen LogP contribution in [0.3, 0.4) is 0 Å². The van der Waals surface area contributed by atoms with Crippen LogP contribution in [-0.2, 0) is 11.8 Å². The normalized spacial score (nSPS) is 12.0. The molecule has 1 heterocycles. The number of rotatable bonds is 7. The number of nitrogens with zero attached hydrogens (tertiary/aromatic N) is 3. The molecule has 1 N–H and O–H groups in total. The number of carbonyl (C=O) groups is 1. The molecule has 140 valence electrons. The molecule has 0 aliphatic rings. The summed E-state index contributed by atoms with van der Waals surface area (Å²) < 4.78 is 1.93. The summed E-state index contributed by atoms with van der Waals surface area (Å²) in [6.45, 7) is 4.79. The fourth-order valence-electron chi connectivity index (χ4n) is 2.74. The Morgan fingerprint density at radius 1 is 1.11 bits per heavy atom. The number of hydrogen-bond acceptors (Lipinski definition) is 4. The van der Waals surface area contributed by atoms with Gasteiger partial charge in [-0.25, -0.2) is 0 Å². The second-order valence-electron chi connectivity index (χ2n) is 6.64. The number of aromatic nitrogens is 3. The Balaban J connectivity index is 1.53. The molecule has 0 aliphatic carbocycles. The zero-order chi connectivity index (χ0) is 19.2. The van der Waals surface area contributed by atoms with E-state index in [-0.39, 0.29) is 11.8 Å². The molecule has 27 heavy (non-hydrogen) atoms. The minimum Gasteiger partial charge on any atom is -0.355 e. The van der Waals surface area contributed by atoms with E-state index >= 15 is 0 Å². The minimum absolute atomic E-state index is 0.00247. The Kier molecular flexibility index (Phi) is 6.29. The number of hydrogen-bond donors (Lipinski definition) is 1. The summed E-state index contributed by atoms with van der Waals surface area (Å²) in [6.07, 6.45) is 0. The quantitative estimate of drug-likeness (QED) is 0.633. The lowest BCUT2D eigenvalue weighted by atomic mass is 10.0. The number of nitrogens with one attached hydrogen (secondary N) is 1. The molecule has 1 amide bonds. The maximum absolute atomic E-state index is 12.2. The predicted molar refractivity (Wildman–Crippen MR) is 110 cm³/mol. The number of amides is 1. The molecule has 6 heteroatoms. The van der Waals surface area contributed by atoms with E-state index in [9.17, 15) is 4.79 Å². The van der Waals surface area contributed by atoms with E-state index in [4.69, 9.17) is 0 Å². The second-order valence-corrected chi connectivity index (χ2v) is 7.58. The van der Waals surface area contributed by atoms with Gasteiger partial charge in [-0.3, -0.25) is 4.79 Å². The molecule has 1 aromatic heterocycles.